The van der Waals surface area contributed by atoms with E-state index in [2.05, 4.69) is 4.98 Å². The summed E-state index contributed by atoms with van der Waals surface area (Å²) in [6.07, 6.45) is 3.34. The molecule has 0 aliphatic carbocycles. The molecule has 23 heavy (non-hydrogen) atoms. The SMILES string of the molecule is CCN(Cc1ccncc1)S(=O)(=O)c1ccc2ccccc2c1. The molecule has 2 aromatic carbocycles. The van der Waals surface area contributed by atoms with Crippen LogP contribution in [0.15, 0.2) is 71.9 Å². The summed E-state index contributed by atoms with van der Waals surface area (Å²) in [6.45, 7) is 2.60. The number of hydrogen-bond donors (Lipinski definition) is 0. The first-order valence-corrected chi connectivity index (χ1v) is 8.93. The molecule has 0 atom stereocenters. The van der Waals surface area contributed by atoms with Crippen LogP contribution in [-0.4, -0.2) is 24.3 Å². The first-order chi connectivity index (χ1) is 11.1. The molecule has 1 heterocycles. The lowest BCUT2D eigenvalue weighted by Crippen LogP contribution is -2.30. The van der Waals surface area contributed by atoms with Gasteiger partial charge in [-0.15, -0.1) is 0 Å². The van der Waals surface area contributed by atoms with Gasteiger partial charge >= 0.3 is 0 Å². The Morgan fingerprint density at radius 3 is 2.35 bits per heavy atom. The fourth-order valence-electron chi connectivity index (χ4n) is 2.54. The van der Waals surface area contributed by atoms with Crippen molar-refractivity contribution in [3.8, 4) is 0 Å². The predicted molar refractivity (Wildman–Crippen MR) is 91.5 cm³/mol. The molecule has 0 aliphatic heterocycles. The fraction of sp³-hybridized carbons (Fsp3) is 0.167. The highest BCUT2D eigenvalue weighted by molar-refractivity contribution is 7.89. The Kier molecular flexibility index (Phi) is 4.41. The van der Waals surface area contributed by atoms with Gasteiger partial charge in [-0.05, 0) is 40.6 Å². The molecule has 0 N–H and O–H groups in total. The van der Waals surface area contributed by atoms with Gasteiger partial charge in [0.15, 0.2) is 0 Å². The van der Waals surface area contributed by atoms with Crippen molar-refractivity contribution < 1.29 is 8.42 Å². The first-order valence-electron chi connectivity index (χ1n) is 7.49. The smallest absolute Gasteiger partial charge is 0.243 e. The lowest BCUT2D eigenvalue weighted by Gasteiger charge is -2.20. The maximum Gasteiger partial charge on any atom is 0.243 e. The molecular formula is C18H18N2O2S. The second kappa shape index (κ2) is 6.48. The van der Waals surface area contributed by atoms with E-state index in [0.717, 1.165) is 16.3 Å². The molecule has 0 saturated carbocycles. The van der Waals surface area contributed by atoms with Gasteiger partial charge in [0.2, 0.25) is 10.0 Å². The second-order valence-electron chi connectivity index (χ2n) is 5.30. The van der Waals surface area contributed by atoms with Gasteiger partial charge in [-0.25, -0.2) is 8.42 Å². The van der Waals surface area contributed by atoms with E-state index in [4.69, 9.17) is 0 Å². The third-order valence-corrected chi connectivity index (χ3v) is 5.74. The number of sulfonamides is 1. The summed E-state index contributed by atoms with van der Waals surface area (Å²) in [5.74, 6) is 0. The van der Waals surface area contributed by atoms with Crippen LogP contribution in [0.1, 0.15) is 12.5 Å². The monoisotopic (exact) mass is 326 g/mol. The van der Waals surface area contributed by atoms with Crippen LogP contribution in [0.4, 0.5) is 0 Å². The molecule has 4 nitrogen and oxygen atoms in total. The Labute approximate surface area is 136 Å². The van der Waals surface area contributed by atoms with Crippen molar-refractivity contribution in [3.63, 3.8) is 0 Å². The van der Waals surface area contributed by atoms with Crippen LogP contribution in [-0.2, 0) is 16.6 Å². The van der Waals surface area contributed by atoms with Crippen molar-refractivity contribution in [2.24, 2.45) is 0 Å². The van der Waals surface area contributed by atoms with Gasteiger partial charge < -0.3 is 0 Å². The Morgan fingerprint density at radius 1 is 0.957 bits per heavy atom. The molecule has 0 unspecified atom stereocenters. The number of pyridine rings is 1. The van der Waals surface area contributed by atoms with Crippen LogP contribution in [0, 0.1) is 0 Å². The number of nitrogens with zero attached hydrogens (tertiary/aromatic N) is 2. The number of hydrogen-bond acceptors (Lipinski definition) is 3. The Hall–Kier alpha value is -2.24. The molecule has 5 heteroatoms. The summed E-state index contributed by atoms with van der Waals surface area (Å²) in [7, 11) is -3.53. The van der Waals surface area contributed by atoms with Crippen molar-refractivity contribution in [3.05, 3.63) is 72.6 Å². The molecule has 118 valence electrons. The average molecular weight is 326 g/mol. The van der Waals surface area contributed by atoms with Crippen molar-refractivity contribution in [1.29, 1.82) is 0 Å². The summed E-state index contributed by atoms with van der Waals surface area (Å²) in [5, 5.41) is 1.96. The van der Waals surface area contributed by atoms with Crippen LogP contribution < -0.4 is 0 Å². The topological polar surface area (TPSA) is 50.3 Å². The summed E-state index contributed by atoms with van der Waals surface area (Å²) in [5.41, 5.74) is 0.922. The molecule has 0 aliphatic rings. The number of benzene rings is 2. The summed E-state index contributed by atoms with van der Waals surface area (Å²) >= 11 is 0. The molecular weight excluding hydrogens is 308 g/mol. The lowest BCUT2D eigenvalue weighted by molar-refractivity contribution is 0.423. The standard InChI is InChI=1S/C18H18N2O2S/c1-2-20(14-15-9-11-19-12-10-15)23(21,22)18-8-7-16-5-3-4-6-17(16)13-18/h3-13H,2,14H2,1H3. The third-order valence-electron chi connectivity index (χ3n) is 3.82. The van der Waals surface area contributed by atoms with Gasteiger partial charge in [0.05, 0.1) is 4.90 Å². The van der Waals surface area contributed by atoms with Gasteiger partial charge in [-0.3, -0.25) is 4.98 Å². The van der Waals surface area contributed by atoms with Gasteiger partial charge in [-0.1, -0.05) is 37.3 Å². The van der Waals surface area contributed by atoms with E-state index in [9.17, 15) is 8.42 Å². The number of aromatic nitrogens is 1. The number of fused-ring (bicyclic) bond motifs is 1. The van der Waals surface area contributed by atoms with Gasteiger partial charge in [0.25, 0.3) is 0 Å². The van der Waals surface area contributed by atoms with E-state index < -0.39 is 10.0 Å². The molecule has 3 rings (SSSR count). The first kappa shape index (κ1) is 15.6. The number of rotatable bonds is 5. The van der Waals surface area contributed by atoms with Crippen molar-refractivity contribution in [1.82, 2.24) is 9.29 Å². The van der Waals surface area contributed by atoms with Crippen LogP contribution in [0.25, 0.3) is 10.8 Å². The third kappa shape index (κ3) is 3.25. The van der Waals surface area contributed by atoms with E-state index in [1.54, 1.807) is 24.5 Å². The zero-order valence-corrected chi connectivity index (χ0v) is 13.7. The minimum absolute atomic E-state index is 0.326. The minimum Gasteiger partial charge on any atom is -0.265 e. The minimum atomic E-state index is -3.53. The molecule has 0 fully saturated rings. The normalized spacial score (nSPS) is 11.9. The predicted octanol–water partition coefficient (Wildman–Crippen LogP) is 3.45. The summed E-state index contributed by atoms with van der Waals surface area (Å²) in [4.78, 5) is 4.29. The second-order valence-corrected chi connectivity index (χ2v) is 7.23. The zero-order valence-electron chi connectivity index (χ0n) is 12.9. The quantitative estimate of drug-likeness (QED) is 0.721. The van der Waals surface area contributed by atoms with E-state index in [0.29, 0.717) is 18.0 Å². The van der Waals surface area contributed by atoms with Crippen molar-refractivity contribution in [2.45, 2.75) is 18.4 Å². The maximum atomic E-state index is 12.9. The van der Waals surface area contributed by atoms with Gasteiger partial charge in [0, 0.05) is 25.5 Å². The Morgan fingerprint density at radius 2 is 1.65 bits per heavy atom. The average Bonchev–Trinajstić information content (AvgIpc) is 2.60. The van der Waals surface area contributed by atoms with Gasteiger partial charge in [0.1, 0.15) is 0 Å². The van der Waals surface area contributed by atoms with Crippen LogP contribution in [0.2, 0.25) is 0 Å². The van der Waals surface area contributed by atoms with Gasteiger partial charge in [-0.2, -0.15) is 4.31 Å². The largest absolute Gasteiger partial charge is 0.265 e. The Balaban J connectivity index is 1.97. The highest BCUT2D eigenvalue weighted by atomic mass is 32.2. The van der Waals surface area contributed by atoms with Crippen LogP contribution in [0.3, 0.4) is 0 Å². The molecule has 0 amide bonds. The lowest BCUT2D eigenvalue weighted by atomic mass is 10.1. The van der Waals surface area contributed by atoms with Crippen LogP contribution in [0.5, 0.6) is 0 Å². The Bertz CT molecular complexity index is 908. The highest BCUT2D eigenvalue weighted by Gasteiger charge is 2.23. The summed E-state index contributed by atoms with van der Waals surface area (Å²) < 4.78 is 27.3. The highest BCUT2D eigenvalue weighted by Crippen LogP contribution is 2.23. The zero-order chi connectivity index (χ0) is 16.3. The maximum absolute atomic E-state index is 12.9. The molecule has 1 aromatic heterocycles. The van der Waals surface area contributed by atoms with E-state index in [1.807, 2.05) is 49.4 Å². The summed E-state index contributed by atoms with van der Waals surface area (Å²) in [6, 6.07) is 16.7. The van der Waals surface area contributed by atoms with Crippen molar-refractivity contribution >= 4 is 20.8 Å². The fourth-order valence-corrected chi connectivity index (χ4v) is 4.01. The molecule has 0 bridgehead atoms. The molecule has 0 saturated heterocycles. The van der Waals surface area contributed by atoms with E-state index in [-0.39, 0.29) is 0 Å². The molecule has 0 spiro atoms. The molecule has 3 aromatic rings. The van der Waals surface area contributed by atoms with Crippen molar-refractivity contribution in [2.75, 3.05) is 6.54 Å². The van der Waals surface area contributed by atoms with E-state index in [1.165, 1.54) is 4.31 Å². The van der Waals surface area contributed by atoms with Crippen LogP contribution >= 0.6 is 0 Å². The molecule has 0 radical (unpaired) electrons. The van der Waals surface area contributed by atoms with E-state index >= 15 is 0 Å².